The number of carbonyl (C=O) groups excluding carboxylic acids is 1. The first-order valence-corrected chi connectivity index (χ1v) is 9.28. The van der Waals surface area contributed by atoms with Crippen molar-refractivity contribution in [1.29, 1.82) is 0 Å². The molecule has 5 atom stereocenters. The molecule has 2 heterocycles. The van der Waals surface area contributed by atoms with Crippen molar-refractivity contribution < 1.29 is 24.1 Å². The molecule has 4 aliphatic rings. The van der Waals surface area contributed by atoms with Crippen LogP contribution < -0.4 is 9.47 Å². The number of hydrogen-bond acceptors (Lipinski definition) is 5. The summed E-state index contributed by atoms with van der Waals surface area (Å²) in [5.74, 6) is 1.59. The fourth-order valence-electron chi connectivity index (χ4n) is 5.64. The second-order valence-electron chi connectivity index (χ2n) is 7.52. The Kier molecular flexibility index (Phi) is 3.32. The van der Waals surface area contributed by atoms with Crippen LogP contribution in [0.25, 0.3) is 0 Å². The third kappa shape index (κ3) is 1.78. The van der Waals surface area contributed by atoms with Crippen molar-refractivity contribution in [2.24, 2.45) is 5.92 Å². The summed E-state index contributed by atoms with van der Waals surface area (Å²) in [6.45, 7) is 2.81. The Morgan fingerprint density at radius 3 is 3.04 bits per heavy atom. The molecule has 2 aliphatic heterocycles. The van der Waals surface area contributed by atoms with E-state index in [4.69, 9.17) is 14.2 Å². The van der Waals surface area contributed by atoms with Crippen LogP contribution in [-0.2, 0) is 16.6 Å². The average Bonchev–Trinajstić information content (AvgIpc) is 2.98. The number of hydrogen-bond donors (Lipinski definition) is 1. The van der Waals surface area contributed by atoms with E-state index >= 15 is 0 Å². The summed E-state index contributed by atoms with van der Waals surface area (Å²) in [4.78, 5) is 14.4. The maximum atomic E-state index is 12.5. The lowest BCUT2D eigenvalue weighted by Gasteiger charge is -2.56. The van der Waals surface area contributed by atoms with Gasteiger partial charge in [0.1, 0.15) is 12.2 Å². The molecule has 1 spiro atoms. The van der Waals surface area contributed by atoms with Crippen molar-refractivity contribution >= 4 is 6.09 Å². The van der Waals surface area contributed by atoms with Gasteiger partial charge in [0.2, 0.25) is 0 Å². The summed E-state index contributed by atoms with van der Waals surface area (Å²) < 4.78 is 17.1. The number of amides is 1. The fourth-order valence-corrected chi connectivity index (χ4v) is 5.64. The largest absolute Gasteiger partial charge is 0.493 e. The molecule has 5 rings (SSSR count). The quantitative estimate of drug-likeness (QED) is 0.821. The highest BCUT2D eigenvalue weighted by Crippen LogP contribution is 2.62. The van der Waals surface area contributed by atoms with Gasteiger partial charge in [0.05, 0.1) is 13.7 Å². The highest BCUT2D eigenvalue weighted by molar-refractivity contribution is 5.70. The van der Waals surface area contributed by atoms with Gasteiger partial charge in [-0.3, -0.25) is 0 Å². The normalized spacial score (nSPS) is 35.6. The Labute approximate surface area is 152 Å². The van der Waals surface area contributed by atoms with E-state index < -0.39 is 6.10 Å². The number of aliphatic hydroxyl groups is 1. The molecule has 1 fully saturated rings. The Morgan fingerprint density at radius 2 is 2.27 bits per heavy atom. The van der Waals surface area contributed by atoms with E-state index in [2.05, 4.69) is 12.1 Å². The zero-order valence-corrected chi connectivity index (χ0v) is 15.0. The highest BCUT2D eigenvalue weighted by atomic mass is 16.6. The predicted octanol–water partition coefficient (Wildman–Crippen LogP) is 2.03. The lowest BCUT2D eigenvalue weighted by Crippen LogP contribution is -2.66. The second kappa shape index (κ2) is 5.39. The van der Waals surface area contributed by atoms with Crippen molar-refractivity contribution in [3.63, 3.8) is 0 Å². The minimum absolute atomic E-state index is 0.0181. The molecule has 1 saturated heterocycles. The topological polar surface area (TPSA) is 68.2 Å². The molecule has 1 amide bonds. The molecule has 2 aliphatic carbocycles. The summed E-state index contributed by atoms with van der Waals surface area (Å²) in [6, 6.07) is 4.02. The number of likely N-dealkylation sites (tertiary alicyclic amines) is 1. The van der Waals surface area contributed by atoms with Crippen LogP contribution in [0.1, 0.15) is 24.5 Å². The summed E-state index contributed by atoms with van der Waals surface area (Å²) in [7, 11) is 1.64. The Morgan fingerprint density at radius 1 is 1.42 bits per heavy atom. The van der Waals surface area contributed by atoms with Gasteiger partial charge in [0, 0.05) is 29.5 Å². The average molecular weight is 357 g/mol. The summed E-state index contributed by atoms with van der Waals surface area (Å²) in [5, 5.41) is 10.7. The van der Waals surface area contributed by atoms with E-state index in [-0.39, 0.29) is 29.6 Å². The van der Waals surface area contributed by atoms with E-state index in [0.29, 0.717) is 18.9 Å². The molecule has 2 bridgehead atoms. The lowest BCUT2D eigenvalue weighted by atomic mass is 9.53. The summed E-state index contributed by atoms with van der Waals surface area (Å²) in [5.41, 5.74) is 2.05. The van der Waals surface area contributed by atoms with Crippen LogP contribution in [0.2, 0.25) is 0 Å². The molecule has 1 aromatic carbocycles. The van der Waals surface area contributed by atoms with Crippen molar-refractivity contribution in [1.82, 2.24) is 4.90 Å². The van der Waals surface area contributed by atoms with Gasteiger partial charge in [-0.1, -0.05) is 18.2 Å². The van der Waals surface area contributed by atoms with Gasteiger partial charge in [0.25, 0.3) is 0 Å². The molecular formula is C20H23NO5. The molecule has 1 aromatic rings. The van der Waals surface area contributed by atoms with Crippen LogP contribution in [-0.4, -0.2) is 54.6 Å². The predicted molar refractivity (Wildman–Crippen MR) is 93.6 cm³/mol. The molecule has 6 nitrogen and oxygen atoms in total. The zero-order chi connectivity index (χ0) is 18.1. The number of benzene rings is 1. The van der Waals surface area contributed by atoms with E-state index in [1.165, 1.54) is 11.1 Å². The SMILES string of the molecule is CCOC(=O)N1CC[C@]23c4c5ccc(OC)c4OC2C(O)C=CC3[C@H]1C5. The molecule has 138 valence electrons. The Bertz CT molecular complexity index is 806. The minimum atomic E-state index is -0.663. The van der Waals surface area contributed by atoms with Crippen LogP contribution in [0.15, 0.2) is 24.3 Å². The van der Waals surface area contributed by atoms with E-state index in [0.717, 1.165) is 18.6 Å². The van der Waals surface area contributed by atoms with Crippen molar-refractivity contribution in [2.75, 3.05) is 20.3 Å². The van der Waals surface area contributed by atoms with E-state index in [1.807, 2.05) is 24.0 Å². The van der Waals surface area contributed by atoms with Gasteiger partial charge >= 0.3 is 6.09 Å². The molecule has 6 heteroatoms. The zero-order valence-electron chi connectivity index (χ0n) is 15.0. The summed E-state index contributed by atoms with van der Waals surface area (Å²) in [6.07, 6.45) is 4.15. The van der Waals surface area contributed by atoms with Gasteiger partial charge in [-0.15, -0.1) is 0 Å². The number of ether oxygens (including phenoxy) is 3. The first-order chi connectivity index (χ1) is 12.6. The van der Waals surface area contributed by atoms with Crippen LogP contribution in [0.5, 0.6) is 11.5 Å². The molecule has 1 N–H and O–H groups in total. The van der Waals surface area contributed by atoms with E-state index in [9.17, 15) is 9.90 Å². The van der Waals surface area contributed by atoms with Crippen molar-refractivity contribution in [3.8, 4) is 11.5 Å². The number of piperidine rings is 1. The molecule has 0 saturated carbocycles. The van der Waals surface area contributed by atoms with Gasteiger partial charge < -0.3 is 24.2 Å². The lowest BCUT2D eigenvalue weighted by molar-refractivity contribution is -0.0484. The maximum Gasteiger partial charge on any atom is 0.410 e. The Balaban J connectivity index is 1.69. The van der Waals surface area contributed by atoms with Gasteiger partial charge in [-0.25, -0.2) is 4.79 Å². The number of carbonyl (C=O) groups is 1. The third-order valence-electron chi connectivity index (χ3n) is 6.58. The monoisotopic (exact) mass is 357 g/mol. The number of methoxy groups -OCH3 is 1. The highest BCUT2D eigenvalue weighted by Gasteiger charge is 2.65. The van der Waals surface area contributed by atoms with Crippen molar-refractivity contribution in [2.45, 2.75) is 43.4 Å². The summed E-state index contributed by atoms with van der Waals surface area (Å²) >= 11 is 0. The van der Waals surface area contributed by atoms with Crippen LogP contribution >= 0.6 is 0 Å². The standard InChI is InChI=1S/C20H23NO5/c1-3-25-19(23)21-9-8-20-12-5-6-14(22)18(20)26-17-15(24-2)7-4-11(16(17)20)10-13(12)21/h4-7,12-14,18,22H,3,8-10H2,1-2H3/t12?,13-,14?,18?,20+/m1/s1. The maximum absolute atomic E-state index is 12.5. The number of aliphatic hydroxyl groups excluding tert-OH is 1. The molecular weight excluding hydrogens is 334 g/mol. The second-order valence-corrected chi connectivity index (χ2v) is 7.52. The van der Waals surface area contributed by atoms with Crippen LogP contribution in [0.3, 0.4) is 0 Å². The van der Waals surface area contributed by atoms with Gasteiger partial charge in [-0.05, 0) is 31.4 Å². The number of nitrogens with zero attached hydrogens (tertiary/aromatic N) is 1. The van der Waals surface area contributed by atoms with Crippen LogP contribution in [0.4, 0.5) is 4.79 Å². The smallest absolute Gasteiger partial charge is 0.410 e. The molecule has 0 radical (unpaired) electrons. The molecule has 26 heavy (non-hydrogen) atoms. The minimum Gasteiger partial charge on any atom is -0.493 e. The van der Waals surface area contributed by atoms with Crippen molar-refractivity contribution in [3.05, 3.63) is 35.4 Å². The molecule has 0 aromatic heterocycles. The first kappa shape index (κ1) is 16.0. The van der Waals surface area contributed by atoms with Crippen LogP contribution in [0, 0.1) is 5.92 Å². The first-order valence-electron chi connectivity index (χ1n) is 9.28. The van der Waals surface area contributed by atoms with E-state index in [1.54, 1.807) is 7.11 Å². The fraction of sp³-hybridized carbons (Fsp3) is 0.550. The van der Waals surface area contributed by atoms with Gasteiger partial charge in [0.15, 0.2) is 11.5 Å². The molecule has 3 unspecified atom stereocenters. The third-order valence-corrected chi connectivity index (χ3v) is 6.58. The number of rotatable bonds is 2. The van der Waals surface area contributed by atoms with Gasteiger partial charge in [-0.2, -0.15) is 0 Å². The Hall–Kier alpha value is -2.21.